The Balaban J connectivity index is 2.26. The zero-order valence-corrected chi connectivity index (χ0v) is 19.6. The first-order valence-corrected chi connectivity index (χ1v) is 10.5. The number of hydrogen-bond donors (Lipinski definition) is 1. The predicted octanol–water partition coefficient (Wildman–Crippen LogP) is 8.22. The topological polar surface area (TPSA) is 38.3 Å². The van der Waals surface area contributed by atoms with Crippen molar-refractivity contribution in [2.24, 2.45) is 0 Å². The number of nitrogens with one attached hydrogen (secondary N) is 1. The smallest absolute Gasteiger partial charge is 0.262 e. The molecule has 0 spiro atoms. The van der Waals surface area contributed by atoms with Crippen LogP contribution in [0.5, 0.6) is 5.75 Å². The fourth-order valence-electron chi connectivity index (χ4n) is 2.72. The minimum atomic E-state index is -0.357. The molecule has 0 aliphatic heterocycles. The molecule has 28 heavy (non-hydrogen) atoms. The summed E-state index contributed by atoms with van der Waals surface area (Å²) < 4.78 is 5.52. The van der Waals surface area contributed by atoms with Crippen molar-refractivity contribution < 1.29 is 9.53 Å². The van der Waals surface area contributed by atoms with Gasteiger partial charge in [0.25, 0.3) is 5.91 Å². The highest BCUT2D eigenvalue weighted by Crippen LogP contribution is 2.48. The van der Waals surface area contributed by atoms with Gasteiger partial charge >= 0.3 is 0 Å². The number of ether oxygens (including phenoxy) is 1. The van der Waals surface area contributed by atoms with Crippen molar-refractivity contribution in [3.63, 3.8) is 0 Å². The van der Waals surface area contributed by atoms with Gasteiger partial charge in [-0.1, -0.05) is 104 Å². The maximum Gasteiger partial charge on any atom is 0.262 e. The van der Waals surface area contributed by atoms with E-state index in [1.807, 2.05) is 18.2 Å². The van der Waals surface area contributed by atoms with Crippen LogP contribution >= 0.6 is 58.0 Å². The molecular formula is C20H20Cl5NO2. The van der Waals surface area contributed by atoms with Gasteiger partial charge in [0.05, 0.1) is 15.1 Å². The van der Waals surface area contributed by atoms with E-state index in [0.29, 0.717) is 0 Å². The van der Waals surface area contributed by atoms with Crippen LogP contribution in [-0.2, 0) is 4.79 Å². The highest BCUT2D eigenvalue weighted by Gasteiger charge is 2.22. The number of benzene rings is 2. The fraction of sp³-hybridized carbons (Fsp3) is 0.350. The molecular weight excluding hydrogens is 463 g/mol. The monoisotopic (exact) mass is 481 g/mol. The molecule has 0 bridgehead atoms. The van der Waals surface area contributed by atoms with Crippen LogP contribution < -0.4 is 10.1 Å². The van der Waals surface area contributed by atoms with E-state index >= 15 is 0 Å². The molecule has 8 heteroatoms. The SMILES string of the molecule is CC(C)c1cccc(C(C)C)c1NC(=O)COc1c(Cl)c(Cl)c(Cl)c(Cl)c1Cl. The Labute approximate surface area is 190 Å². The van der Waals surface area contributed by atoms with E-state index < -0.39 is 0 Å². The van der Waals surface area contributed by atoms with Gasteiger partial charge in [0, 0.05) is 5.69 Å². The number of hydrogen-bond acceptors (Lipinski definition) is 2. The number of carbonyl (C=O) groups excluding carboxylic acids is 1. The van der Waals surface area contributed by atoms with Crippen molar-refractivity contribution in [1.29, 1.82) is 0 Å². The zero-order valence-electron chi connectivity index (χ0n) is 15.8. The Morgan fingerprint density at radius 3 is 1.71 bits per heavy atom. The first-order chi connectivity index (χ1) is 13.1. The number of carbonyl (C=O) groups is 1. The largest absolute Gasteiger partial charge is 0.481 e. The van der Waals surface area contributed by atoms with E-state index in [0.717, 1.165) is 16.8 Å². The lowest BCUT2D eigenvalue weighted by Gasteiger charge is -2.20. The van der Waals surface area contributed by atoms with Gasteiger partial charge in [-0.3, -0.25) is 4.79 Å². The summed E-state index contributed by atoms with van der Waals surface area (Å²) >= 11 is 30.3. The van der Waals surface area contributed by atoms with Crippen molar-refractivity contribution in [3.8, 4) is 5.75 Å². The summed E-state index contributed by atoms with van der Waals surface area (Å²) in [7, 11) is 0. The number of anilines is 1. The zero-order chi connectivity index (χ0) is 21.2. The molecule has 0 atom stereocenters. The van der Waals surface area contributed by atoms with Crippen LogP contribution in [0.1, 0.15) is 50.7 Å². The summed E-state index contributed by atoms with van der Waals surface area (Å²) in [5.41, 5.74) is 2.90. The van der Waals surface area contributed by atoms with Crippen molar-refractivity contribution in [2.75, 3.05) is 11.9 Å². The molecule has 152 valence electrons. The second-order valence-electron chi connectivity index (χ2n) is 6.86. The van der Waals surface area contributed by atoms with Crippen LogP contribution in [0.15, 0.2) is 18.2 Å². The van der Waals surface area contributed by atoms with Gasteiger partial charge in [-0.2, -0.15) is 0 Å². The standard InChI is InChI=1S/C20H20Cl5NO2/c1-9(2)11-6-5-7-12(10(3)4)19(11)26-13(27)8-28-20-17(24)15(22)14(21)16(23)18(20)25/h5-7,9-10H,8H2,1-4H3,(H,26,27). The summed E-state index contributed by atoms with van der Waals surface area (Å²) in [6, 6.07) is 5.99. The quantitative estimate of drug-likeness (QED) is 0.332. The molecule has 0 fully saturated rings. The molecule has 0 heterocycles. The van der Waals surface area contributed by atoms with Crippen molar-refractivity contribution >= 4 is 69.6 Å². The first-order valence-electron chi connectivity index (χ1n) is 8.63. The third-order valence-electron chi connectivity index (χ3n) is 4.15. The van der Waals surface area contributed by atoms with Crippen LogP contribution in [-0.4, -0.2) is 12.5 Å². The lowest BCUT2D eigenvalue weighted by molar-refractivity contribution is -0.118. The maximum absolute atomic E-state index is 12.6. The van der Waals surface area contributed by atoms with Gasteiger partial charge < -0.3 is 10.1 Å². The average molecular weight is 484 g/mol. The van der Waals surface area contributed by atoms with Gasteiger partial charge in [0.15, 0.2) is 12.4 Å². The summed E-state index contributed by atoms with van der Waals surface area (Å²) in [6.45, 7) is 7.97. The van der Waals surface area contributed by atoms with Crippen LogP contribution in [0.3, 0.4) is 0 Å². The Morgan fingerprint density at radius 1 is 0.857 bits per heavy atom. The highest BCUT2D eigenvalue weighted by molar-refractivity contribution is 6.55. The van der Waals surface area contributed by atoms with E-state index in [4.69, 9.17) is 62.7 Å². The molecule has 0 aromatic heterocycles. The van der Waals surface area contributed by atoms with Gasteiger partial charge in [-0.15, -0.1) is 0 Å². The minimum Gasteiger partial charge on any atom is -0.481 e. The summed E-state index contributed by atoms with van der Waals surface area (Å²) in [5.74, 6) is 0.142. The lowest BCUT2D eigenvalue weighted by atomic mass is 9.92. The molecule has 0 aliphatic rings. The van der Waals surface area contributed by atoms with Gasteiger partial charge in [0.2, 0.25) is 0 Å². The van der Waals surface area contributed by atoms with Gasteiger partial charge in [-0.05, 0) is 23.0 Å². The van der Waals surface area contributed by atoms with E-state index in [2.05, 4.69) is 33.0 Å². The van der Waals surface area contributed by atoms with Crippen molar-refractivity contribution in [2.45, 2.75) is 39.5 Å². The molecule has 1 N–H and O–H groups in total. The second kappa shape index (κ2) is 9.77. The fourth-order valence-corrected chi connectivity index (χ4v) is 3.95. The predicted molar refractivity (Wildman–Crippen MR) is 120 cm³/mol. The van der Waals surface area contributed by atoms with E-state index in [1.54, 1.807) is 0 Å². The third-order valence-corrected chi connectivity index (χ3v) is 6.40. The summed E-state index contributed by atoms with van der Waals surface area (Å²) in [6.07, 6.45) is 0. The Bertz CT molecular complexity index is 841. The van der Waals surface area contributed by atoms with E-state index in [9.17, 15) is 4.79 Å². The molecule has 0 saturated carbocycles. The number of rotatable bonds is 6. The Hall–Kier alpha value is -0.840. The summed E-state index contributed by atoms with van der Waals surface area (Å²) in [5, 5.41) is 3.01. The number of para-hydroxylation sites is 1. The molecule has 0 unspecified atom stereocenters. The van der Waals surface area contributed by atoms with Crippen LogP contribution in [0.25, 0.3) is 0 Å². The van der Waals surface area contributed by atoms with Crippen LogP contribution in [0.2, 0.25) is 25.1 Å². The van der Waals surface area contributed by atoms with Gasteiger partial charge in [-0.25, -0.2) is 0 Å². The highest BCUT2D eigenvalue weighted by atomic mass is 35.5. The Morgan fingerprint density at radius 2 is 1.29 bits per heavy atom. The second-order valence-corrected chi connectivity index (χ2v) is 8.75. The van der Waals surface area contributed by atoms with Crippen molar-refractivity contribution in [3.05, 3.63) is 54.4 Å². The third kappa shape index (κ3) is 5.01. The molecule has 0 radical (unpaired) electrons. The van der Waals surface area contributed by atoms with Crippen molar-refractivity contribution in [1.82, 2.24) is 0 Å². The van der Waals surface area contributed by atoms with E-state index in [1.165, 1.54) is 0 Å². The maximum atomic E-state index is 12.6. The number of halogens is 5. The molecule has 2 aromatic carbocycles. The molecule has 2 aromatic rings. The molecule has 3 nitrogen and oxygen atoms in total. The molecule has 1 amide bonds. The summed E-state index contributed by atoms with van der Waals surface area (Å²) in [4.78, 5) is 12.6. The Kier molecular flexibility index (Phi) is 8.18. The lowest BCUT2D eigenvalue weighted by Crippen LogP contribution is -2.22. The minimum absolute atomic E-state index is 0.000633. The van der Waals surface area contributed by atoms with Crippen LogP contribution in [0, 0.1) is 0 Å². The molecule has 0 saturated heterocycles. The first kappa shape index (κ1) is 23.4. The number of amides is 1. The van der Waals surface area contributed by atoms with Gasteiger partial charge in [0.1, 0.15) is 10.0 Å². The van der Waals surface area contributed by atoms with E-state index in [-0.39, 0.29) is 55.2 Å². The molecule has 2 rings (SSSR count). The normalized spacial score (nSPS) is 11.2. The average Bonchev–Trinajstić information content (AvgIpc) is 2.64. The van der Waals surface area contributed by atoms with Crippen LogP contribution in [0.4, 0.5) is 5.69 Å². The molecule has 0 aliphatic carbocycles.